The largest absolute Gasteiger partial charge is 0.416 e. The van der Waals surface area contributed by atoms with Crippen LogP contribution in [-0.2, 0) is 6.18 Å². The maximum Gasteiger partial charge on any atom is 0.416 e. The predicted molar refractivity (Wildman–Crippen MR) is 66.4 cm³/mol. The Morgan fingerprint density at radius 1 is 1.00 bits per heavy atom. The van der Waals surface area contributed by atoms with Crippen molar-refractivity contribution < 1.29 is 13.2 Å². The van der Waals surface area contributed by atoms with Gasteiger partial charge >= 0.3 is 6.18 Å². The molecule has 2 rings (SSSR count). The third-order valence-electron chi connectivity index (χ3n) is 2.41. The first-order valence-electron chi connectivity index (χ1n) is 5.58. The number of hydrogen-bond donors (Lipinski definition) is 0. The standard InChI is InChI=1S/C15H10F3N/c1-11-4-2-7-14(19-11)9-8-12-5-3-6-13(10-12)15(16,17)18/h2-7,10H,1H3. The second kappa shape index (κ2) is 5.15. The summed E-state index contributed by atoms with van der Waals surface area (Å²) in [6.07, 6.45) is -4.35. The molecule has 96 valence electrons. The van der Waals surface area contributed by atoms with Gasteiger partial charge in [0.15, 0.2) is 0 Å². The zero-order valence-electron chi connectivity index (χ0n) is 10.1. The summed E-state index contributed by atoms with van der Waals surface area (Å²) in [7, 11) is 0. The number of halogens is 3. The van der Waals surface area contributed by atoms with Gasteiger partial charge in [-0.15, -0.1) is 0 Å². The second-order valence-corrected chi connectivity index (χ2v) is 3.99. The van der Waals surface area contributed by atoms with Gasteiger partial charge in [-0.2, -0.15) is 13.2 Å². The topological polar surface area (TPSA) is 12.9 Å². The Labute approximate surface area is 109 Å². The van der Waals surface area contributed by atoms with Crippen LogP contribution in [0.2, 0.25) is 0 Å². The first-order chi connectivity index (χ1) is 8.95. The molecule has 0 amide bonds. The third kappa shape index (κ3) is 3.59. The summed E-state index contributed by atoms with van der Waals surface area (Å²) in [5, 5.41) is 0. The van der Waals surface area contributed by atoms with Gasteiger partial charge in [0.2, 0.25) is 0 Å². The third-order valence-corrected chi connectivity index (χ3v) is 2.41. The molecular weight excluding hydrogens is 251 g/mol. The van der Waals surface area contributed by atoms with Crippen molar-refractivity contribution >= 4 is 0 Å². The molecule has 0 bridgehead atoms. The minimum absolute atomic E-state index is 0.318. The molecule has 19 heavy (non-hydrogen) atoms. The predicted octanol–water partition coefficient (Wildman–Crippen LogP) is 3.81. The zero-order chi connectivity index (χ0) is 13.9. The highest BCUT2D eigenvalue weighted by Gasteiger charge is 2.30. The number of hydrogen-bond acceptors (Lipinski definition) is 1. The molecule has 0 saturated heterocycles. The maximum absolute atomic E-state index is 12.5. The van der Waals surface area contributed by atoms with E-state index in [0.717, 1.165) is 17.8 Å². The lowest BCUT2D eigenvalue weighted by atomic mass is 10.1. The van der Waals surface area contributed by atoms with Gasteiger partial charge in [-0.3, -0.25) is 0 Å². The fourth-order valence-electron chi connectivity index (χ4n) is 1.52. The van der Waals surface area contributed by atoms with Gasteiger partial charge in [0.05, 0.1) is 5.56 Å². The molecule has 0 N–H and O–H groups in total. The lowest BCUT2D eigenvalue weighted by Gasteiger charge is -2.05. The number of aryl methyl sites for hydroxylation is 1. The molecule has 0 aliphatic heterocycles. The summed E-state index contributed by atoms with van der Waals surface area (Å²) in [6, 6.07) is 10.3. The van der Waals surface area contributed by atoms with E-state index in [4.69, 9.17) is 0 Å². The molecule has 4 heteroatoms. The Balaban J connectivity index is 2.30. The zero-order valence-corrected chi connectivity index (χ0v) is 10.1. The van der Waals surface area contributed by atoms with E-state index in [9.17, 15) is 13.2 Å². The summed E-state index contributed by atoms with van der Waals surface area (Å²) >= 11 is 0. The smallest absolute Gasteiger partial charge is 0.245 e. The van der Waals surface area contributed by atoms with Crippen LogP contribution in [0.4, 0.5) is 13.2 Å². The highest BCUT2D eigenvalue weighted by molar-refractivity contribution is 5.42. The minimum atomic E-state index is -4.35. The highest BCUT2D eigenvalue weighted by Crippen LogP contribution is 2.29. The Hall–Kier alpha value is -2.28. The fraction of sp³-hybridized carbons (Fsp3) is 0.133. The quantitative estimate of drug-likeness (QED) is 0.657. The maximum atomic E-state index is 12.5. The van der Waals surface area contributed by atoms with Crippen molar-refractivity contribution in [3.63, 3.8) is 0 Å². The van der Waals surface area contributed by atoms with E-state index in [-0.39, 0.29) is 0 Å². The van der Waals surface area contributed by atoms with Crippen LogP contribution in [0.1, 0.15) is 22.5 Å². The molecule has 0 atom stereocenters. The van der Waals surface area contributed by atoms with E-state index in [0.29, 0.717) is 11.3 Å². The fourth-order valence-corrected chi connectivity index (χ4v) is 1.52. The molecule has 0 unspecified atom stereocenters. The van der Waals surface area contributed by atoms with Crippen molar-refractivity contribution in [3.8, 4) is 11.8 Å². The average molecular weight is 261 g/mol. The monoisotopic (exact) mass is 261 g/mol. The Bertz CT molecular complexity index is 648. The highest BCUT2D eigenvalue weighted by atomic mass is 19.4. The van der Waals surface area contributed by atoms with Crippen LogP contribution >= 0.6 is 0 Å². The molecule has 0 aliphatic carbocycles. The summed E-state index contributed by atoms with van der Waals surface area (Å²) in [5.41, 5.74) is 0.975. The molecule has 0 saturated carbocycles. The average Bonchev–Trinajstić information content (AvgIpc) is 2.36. The molecule has 1 aromatic heterocycles. The first kappa shape index (κ1) is 13.2. The minimum Gasteiger partial charge on any atom is -0.245 e. The Morgan fingerprint density at radius 2 is 1.74 bits per heavy atom. The van der Waals surface area contributed by atoms with E-state index in [1.54, 1.807) is 12.1 Å². The lowest BCUT2D eigenvalue weighted by Crippen LogP contribution is -2.04. The Kier molecular flexibility index (Phi) is 3.57. The van der Waals surface area contributed by atoms with E-state index >= 15 is 0 Å². The molecular formula is C15H10F3N. The van der Waals surface area contributed by atoms with Gasteiger partial charge in [-0.1, -0.05) is 18.1 Å². The van der Waals surface area contributed by atoms with E-state index < -0.39 is 11.7 Å². The number of aromatic nitrogens is 1. The molecule has 0 fully saturated rings. The summed E-state index contributed by atoms with van der Waals surface area (Å²) in [6.45, 7) is 1.83. The van der Waals surface area contributed by atoms with Crippen LogP contribution in [0.3, 0.4) is 0 Å². The summed E-state index contributed by atoms with van der Waals surface area (Å²) in [5.74, 6) is 5.44. The summed E-state index contributed by atoms with van der Waals surface area (Å²) < 4.78 is 37.6. The van der Waals surface area contributed by atoms with Gasteiger partial charge in [0.25, 0.3) is 0 Å². The van der Waals surface area contributed by atoms with Crippen LogP contribution in [0.25, 0.3) is 0 Å². The molecule has 2 aromatic rings. The van der Waals surface area contributed by atoms with Gasteiger partial charge < -0.3 is 0 Å². The van der Waals surface area contributed by atoms with Crippen LogP contribution in [0, 0.1) is 18.8 Å². The number of rotatable bonds is 0. The first-order valence-corrected chi connectivity index (χ1v) is 5.58. The van der Waals surface area contributed by atoms with E-state index in [1.165, 1.54) is 12.1 Å². The van der Waals surface area contributed by atoms with Crippen molar-refractivity contribution in [2.45, 2.75) is 13.1 Å². The van der Waals surface area contributed by atoms with Crippen molar-refractivity contribution in [1.29, 1.82) is 0 Å². The van der Waals surface area contributed by atoms with Gasteiger partial charge in [0.1, 0.15) is 5.69 Å². The molecule has 1 nitrogen and oxygen atoms in total. The number of nitrogens with zero attached hydrogens (tertiary/aromatic N) is 1. The van der Waals surface area contributed by atoms with E-state index in [1.807, 2.05) is 13.0 Å². The molecule has 0 spiro atoms. The normalized spacial score (nSPS) is 10.7. The Morgan fingerprint density at radius 3 is 2.42 bits per heavy atom. The molecule has 0 aliphatic rings. The van der Waals surface area contributed by atoms with Gasteiger partial charge in [0, 0.05) is 11.3 Å². The molecule has 1 heterocycles. The summed E-state index contributed by atoms with van der Waals surface area (Å²) in [4.78, 5) is 4.16. The number of benzene rings is 1. The number of alkyl halides is 3. The van der Waals surface area contributed by atoms with Crippen molar-refractivity contribution in [2.75, 3.05) is 0 Å². The van der Waals surface area contributed by atoms with Crippen LogP contribution < -0.4 is 0 Å². The number of pyridine rings is 1. The van der Waals surface area contributed by atoms with Crippen molar-refractivity contribution in [3.05, 3.63) is 65.0 Å². The van der Waals surface area contributed by atoms with Crippen molar-refractivity contribution in [2.24, 2.45) is 0 Å². The lowest BCUT2D eigenvalue weighted by molar-refractivity contribution is -0.137. The molecule has 0 radical (unpaired) electrons. The molecule has 1 aromatic carbocycles. The van der Waals surface area contributed by atoms with Crippen LogP contribution in [0.5, 0.6) is 0 Å². The van der Waals surface area contributed by atoms with Crippen LogP contribution in [0.15, 0.2) is 42.5 Å². The second-order valence-electron chi connectivity index (χ2n) is 3.99. The van der Waals surface area contributed by atoms with Gasteiger partial charge in [-0.05, 0) is 43.2 Å². The van der Waals surface area contributed by atoms with Gasteiger partial charge in [-0.25, -0.2) is 4.98 Å². The van der Waals surface area contributed by atoms with Crippen LogP contribution in [-0.4, -0.2) is 4.98 Å². The SMILES string of the molecule is Cc1cccc(C#Cc2cccc(C(F)(F)F)c2)n1. The van der Waals surface area contributed by atoms with E-state index in [2.05, 4.69) is 16.8 Å². The van der Waals surface area contributed by atoms with Crippen molar-refractivity contribution in [1.82, 2.24) is 4.98 Å².